The van der Waals surface area contributed by atoms with Gasteiger partial charge in [0.1, 0.15) is 0 Å². The number of halogens is 2. The van der Waals surface area contributed by atoms with E-state index in [0.29, 0.717) is 13.2 Å². The molecule has 0 bridgehead atoms. The quantitative estimate of drug-likeness (QED) is 0.111. The molecule has 5 rings (SSSR count). The first-order valence-corrected chi connectivity index (χ1v) is 23.1. The zero-order chi connectivity index (χ0) is 26.1. The van der Waals surface area contributed by atoms with Crippen LogP contribution in [0.25, 0.3) is 32.3 Å². The molecule has 0 aliphatic heterocycles. The number of ether oxygens (including phenoxy) is 1. The molecule has 190 valence electrons. The van der Waals surface area contributed by atoms with Gasteiger partial charge in [-0.25, -0.2) is 0 Å². The van der Waals surface area contributed by atoms with Crippen LogP contribution in [-0.4, -0.2) is 24.7 Å². The fraction of sp³-hybridized carbons (Fsp3) is 0.233. The monoisotopic (exact) mass is 614 g/mol. The van der Waals surface area contributed by atoms with Crippen LogP contribution >= 0.6 is 17.0 Å². The SMILES string of the molecule is C[C](C)=[Zr]([Cl])[Cl].C[Si](C)(C)OCCOc1c[cH-]c2ccccc12.c1ccc2c(c1)[cH-]c1ccccc12. The maximum absolute atomic E-state index is 5.75. The summed E-state index contributed by atoms with van der Waals surface area (Å²) in [6.07, 6.45) is 0. The summed E-state index contributed by atoms with van der Waals surface area (Å²) in [5.41, 5.74) is 0. The van der Waals surface area contributed by atoms with E-state index in [1.807, 2.05) is 32.0 Å². The summed E-state index contributed by atoms with van der Waals surface area (Å²) in [6, 6.07) is 31.7. The van der Waals surface area contributed by atoms with Crippen LogP contribution in [0.2, 0.25) is 19.6 Å². The Morgan fingerprint density at radius 3 is 1.72 bits per heavy atom. The van der Waals surface area contributed by atoms with E-state index in [-0.39, 0.29) is 0 Å². The van der Waals surface area contributed by atoms with Crippen molar-refractivity contribution in [3.8, 4) is 5.75 Å². The van der Waals surface area contributed by atoms with E-state index in [4.69, 9.17) is 26.2 Å². The van der Waals surface area contributed by atoms with E-state index in [2.05, 4.69) is 92.4 Å². The molecule has 0 aliphatic rings. The summed E-state index contributed by atoms with van der Waals surface area (Å²) in [5, 5.41) is 7.80. The average Bonchev–Trinajstić information content (AvgIpc) is 3.43. The average molecular weight is 617 g/mol. The molecule has 0 aliphatic carbocycles. The maximum atomic E-state index is 5.75. The van der Waals surface area contributed by atoms with Gasteiger partial charge in [-0.2, -0.15) is 0 Å². The van der Waals surface area contributed by atoms with Crippen LogP contribution in [-0.2, 0) is 23.3 Å². The van der Waals surface area contributed by atoms with Crippen LogP contribution in [0.1, 0.15) is 13.8 Å². The fourth-order valence-electron chi connectivity index (χ4n) is 3.65. The van der Waals surface area contributed by atoms with Gasteiger partial charge in [0.15, 0.2) is 8.32 Å². The summed E-state index contributed by atoms with van der Waals surface area (Å²) in [7, 11) is 9.66. The molecule has 0 N–H and O–H groups in total. The van der Waals surface area contributed by atoms with Gasteiger partial charge in [-0.3, -0.25) is 0 Å². The van der Waals surface area contributed by atoms with Crippen molar-refractivity contribution in [1.29, 1.82) is 0 Å². The standard InChI is InChI=1S/C14H19O2Si.C13H9.C3H6.2ClH.Zr/c1-17(2,3)16-11-10-15-14-9-8-12-6-4-5-7-13(12)14;1-3-7-12-10(5-1)9-11-6-2-4-8-13(11)12;1-3-2;;;/h4-9H,10-11H2,1-3H3;1-9H;1-2H3;2*1H;/q2*-1;;;;+2/p-2. The van der Waals surface area contributed by atoms with Crippen molar-refractivity contribution in [2.24, 2.45) is 0 Å². The van der Waals surface area contributed by atoms with Gasteiger partial charge in [0.25, 0.3) is 0 Å². The Hall–Kier alpha value is -1.55. The Morgan fingerprint density at radius 2 is 1.22 bits per heavy atom. The minimum absolute atomic E-state index is 0.623. The van der Waals surface area contributed by atoms with Crippen molar-refractivity contribution in [2.75, 3.05) is 13.2 Å². The second-order valence-corrected chi connectivity index (χ2v) is 23.5. The van der Waals surface area contributed by atoms with Gasteiger partial charge in [-0.1, -0.05) is 47.9 Å². The van der Waals surface area contributed by atoms with Crippen LogP contribution in [0.15, 0.2) is 91.0 Å². The van der Waals surface area contributed by atoms with Crippen molar-refractivity contribution < 1.29 is 28.0 Å². The van der Waals surface area contributed by atoms with Crippen molar-refractivity contribution in [2.45, 2.75) is 33.5 Å². The summed E-state index contributed by atoms with van der Waals surface area (Å²) in [5.74, 6) is 0.958. The third-order valence-corrected chi connectivity index (χ3v) is 12.8. The zero-order valence-corrected chi connectivity index (χ0v) is 26.6. The molecule has 0 spiro atoms. The van der Waals surface area contributed by atoms with Crippen molar-refractivity contribution in [3.05, 3.63) is 91.0 Å². The van der Waals surface area contributed by atoms with E-state index in [1.165, 1.54) is 35.5 Å². The molecule has 2 nitrogen and oxygen atoms in total. The molecule has 5 aromatic carbocycles. The topological polar surface area (TPSA) is 18.5 Å². The molecule has 0 amide bonds. The minimum atomic E-state index is -1.84. The van der Waals surface area contributed by atoms with E-state index < -0.39 is 27.2 Å². The molecule has 0 radical (unpaired) electrons. The zero-order valence-electron chi connectivity index (χ0n) is 21.6. The first-order valence-electron chi connectivity index (χ1n) is 12.1. The third-order valence-electron chi connectivity index (χ3n) is 5.42. The summed E-state index contributed by atoms with van der Waals surface area (Å²) >= 11 is -1.84. The largest absolute Gasteiger partial charge is 0.543 e. The second kappa shape index (κ2) is 13.8. The first-order chi connectivity index (χ1) is 17.2. The normalized spacial score (nSPS) is 11.0. The molecule has 5 aromatic rings. The first kappa shape index (κ1) is 29.0. The third kappa shape index (κ3) is 8.78. The van der Waals surface area contributed by atoms with Gasteiger partial charge in [0, 0.05) is 5.75 Å². The Morgan fingerprint density at radius 1 is 0.750 bits per heavy atom. The minimum Gasteiger partial charge on any atom is -0.543 e. The number of benzene rings is 3. The molecular weight excluding hydrogens is 583 g/mol. The molecule has 0 aromatic heterocycles. The Balaban J connectivity index is 0.000000168. The molecule has 36 heavy (non-hydrogen) atoms. The second-order valence-electron chi connectivity index (χ2n) is 9.67. The Bertz CT molecular complexity index is 1360. The summed E-state index contributed by atoms with van der Waals surface area (Å²) in [6.45, 7) is 11.8. The van der Waals surface area contributed by atoms with Crippen molar-refractivity contribution in [3.63, 3.8) is 0 Å². The van der Waals surface area contributed by atoms with Crippen LogP contribution in [0.3, 0.4) is 0 Å². The van der Waals surface area contributed by atoms with E-state index in [0.717, 1.165) is 5.75 Å². The summed E-state index contributed by atoms with van der Waals surface area (Å²) in [4.78, 5) is 0. The van der Waals surface area contributed by atoms with Crippen molar-refractivity contribution >= 4 is 60.9 Å². The van der Waals surface area contributed by atoms with Crippen LogP contribution in [0, 0.1) is 0 Å². The molecular formula is C30H34Cl2O2SiZr-2. The number of hydrogen-bond donors (Lipinski definition) is 0. The molecule has 0 saturated carbocycles. The smallest absolute Gasteiger partial charge is 0.183 e. The Labute approximate surface area is 230 Å². The van der Waals surface area contributed by atoms with Gasteiger partial charge in [-0.05, 0) is 19.6 Å². The maximum Gasteiger partial charge on any atom is 0.183 e. The predicted octanol–water partition coefficient (Wildman–Crippen LogP) is 9.63. The molecule has 6 heteroatoms. The molecule has 0 atom stereocenters. The number of fused-ring (bicyclic) bond motifs is 4. The Kier molecular flexibility index (Phi) is 11.2. The van der Waals surface area contributed by atoms with E-state index in [9.17, 15) is 0 Å². The van der Waals surface area contributed by atoms with Crippen LogP contribution in [0.4, 0.5) is 0 Å². The molecule has 0 saturated heterocycles. The van der Waals surface area contributed by atoms with Gasteiger partial charge in [0.05, 0.1) is 13.2 Å². The summed E-state index contributed by atoms with van der Waals surface area (Å²) < 4.78 is 12.7. The van der Waals surface area contributed by atoms with Gasteiger partial charge >= 0.3 is 53.0 Å². The molecule has 0 fully saturated rings. The van der Waals surface area contributed by atoms with Crippen LogP contribution in [0.5, 0.6) is 5.75 Å². The fourth-order valence-corrected chi connectivity index (χ4v) is 4.35. The molecule has 0 heterocycles. The van der Waals surface area contributed by atoms with Gasteiger partial charge in [0.2, 0.25) is 0 Å². The predicted molar refractivity (Wildman–Crippen MR) is 159 cm³/mol. The van der Waals surface area contributed by atoms with E-state index in [1.54, 1.807) is 0 Å². The van der Waals surface area contributed by atoms with Crippen LogP contribution < -0.4 is 4.74 Å². The van der Waals surface area contributed by atoms with E-state index >= 15 is 0 Å². The van der Waals surface area contributed by atoms with Gasteiger partial charge < -0.3 is 9.16 Å². The van der Waals surface area contributed by atoms with Crippen molar-refractivity contribution in [1.82, 2.24) is 0 Å². The molecule has 0 unspecified atom stereocenters. The number of hydrogen-bond acceptors (Lipinski definition) is 2. The number of rotatable bonds is 5. The van der Waals surface area contributed by atoms with Gasteiger partial charge in [-0.15, -0.1) is 75.5 Å².